The summed E-state index contributed by atoms with van der Waals surface area (Å²) in [6, 6.07) is 12.4. The van der Waals surface area contributed by atoms with Crippen LogP contribution in [0.4, 0.5) is 0 Å². The molecule has 1 aromatic heterocycles. The van der Waals surface area contributed by atoms with E-state index in [1.54, 1.807) is 20.4 Å². The van der Waals surface area contributed by atoms with Crippen LogP contribution in [0.5, 0.6) is 11.6 Å². The van der Waals surface area contributed by atoms with E-state index in [0.717, 1.165) is 36.9 Å². The highest BCUT2D eigenvalue weighted by Crippen LogP contribution is 2.31. The standard InChI is InChI=1S/C23H33N5O2.HI/c1-4-30-22-15-18(11-12-25-22)16-26-23(24-2)27-17-20(28-13-7-8-14-28)19-9-5-6-10-21(19)29-3;/h5-6,9-12,15,20H,4,7-8,13-14,16-17H2,1-3H3,(H2,24,26,27);1H. The average Bonchev–Trinajstić information content (AvgIpc) is 3.31. The predicted molar refractivity (Wildman–Crippen MR) is 136 cm³/mol. The number of hydrogen-bond acceptors (Lipinski definition) is 5. The van der Waals surface area contributed by atoms with Crippen LogP contribution < -0.4 is 20.1 Å². The lowest BCUT2D eigenvalue weighted by Gasteiger charge is -2.30. The number of aromatic nitrogens is 1. The van der Waals surface area contributed by atoms with Crippen LogP contribution in [-0.2, 0) is 6.54 Å². The predicted octanol–water partition coefficient (Wildman–Crippen LogP) is 3.61. The number of ether oxygens (including phenoxy) is 2. The Morgan fingerprint density at radius 3 is 2.68 bits per heavy atom. The summed E-state index contributed by atoms with van der Waals surface area (Å²) < 4.78 is 11.1. The first-order valence-corrected chi connectivity index (χ1v) is 10.6. The van der Waals surface area contributed by atoms with Crippen LogP contribution in [0.15, 0.2) is 47.6 Å². The number of nitrogens with one attached hydrogen (secondary N) is 2. The lowest BCUT2D eigenvalue weighted by Crippen LogP contribution is -2.42. The first-order chi connectivity index (χ1) is 14.7. The van der Waals surface area contributed by atoms with Gasteiger partial charge in [-0.05, 0) is 50.6 Å². The van der Waals surface area contributed by atoms with Crippen molar-refractivity contribution < 1.29 is 9.47 Å². The minimum atomic E-state index is 0. The van der Waals surface area contributed by atoms with E-state index in [0.29, 0.717) is 19.0 Å². The number of guanidine groups is 1. The Kier molecular flexibility index (Phi) is 10.9. The van der Waals surface area contributed by atoms with Gasteiger partial charge in [-0.15, -0.1) is 24.0 Å². The number of methoxy groups -OCH3 is 1. The second-order valence-electron chi connectivity index (χ2n) is 7.24. The summed E-state index contributed by atoms with van der Waals surface area (Å²) in [4.78, 5) is 11.1. The van der Waals surface area contributed by atoms with Crippen LogP contribution in [0, 0.1) is 0 Å². The molecule has 0 amide bonds. The van der Waals surface area contributed by atoms with Gasteiger partial charge in [-0.3, -0.25) is 9.89 Å². The van der Waals surface area contributed by atoms with Gasteiger partial charge in [0.05, 0.1) is 19.8 Å². The van der Waals surface area contributed by atoms with Gasteiger partial charge in [0.1, 0.15) is 5.75 Å². The van der Waals surface area contributed by atoms with Crippen LogP contribution in [0.3, 0.4) is 0 Å². The molecule has 1 aliphatic rings. The van der Waals surface area contributed by atoms with Gasteiger partial charge in [0, 0.05) is 38.0 Å². The molecule has 1 atom stereocenters. The molecular weight excluding hydrogens is 505 g/mol. The highest BCUT2D eigenvalue weighted by Gasteiger charge is 2.26. The first-order valence-electron chi connectivity index (χ1n) is 10.6. The molecule has 1 aliphatic heterocycles. The summed E-state index contributed by atoms with van der Waals surface area (Å²) in [6.07, 6.45) is 4.24. The lowest BCUT2D eigenvalue weighted by atomic mass is 10.0. The number of pyridine rings is 1. The van der Waals surface area contributed by atoms with E-state index < -0.39 is 0 Å². The minimum Gasteiger partial charge on any atom is -0.496 e. The number of rotatable bonds is 9. The van der Waals surface area contributed by atoms with Crippen molar-refractivity contribution >= 4 is 29.9 Å². The van der Waals surface area contributed by atoms with Crippen LogP contribution in [-0.4, -0.2) is 56.2 Å². The zero-order valence-electron chi connectivity index (χ0n) is 18.6. The highest BCUT2D eigenvalue weighted by molar-refractivity contribution is 14.0. The Morgan fingerprint density at radius 2 is 1.97 bits per heavy atom. The number of para-hydroxylation sites is 1. The molecule has 0 spiro atoms. The molecule has 1 aromatic carbocycles. The smallest absolute Gasteiger partial charge is 0.213 e. The van der Waals surface area contributed by atoms with Gasteiger partial charge in [-0.25, -0.2) is 4.98 Å². The van der Waals surface area contributed by atoms with Crippen molar-refractivity contribution in [3.05, 3.63) is 53.7 Å². The number of aliphatic imine (C=N–C) groups is 1. The van der Waals surface area contributed by atoms with Crippen LogP contribution >= 0.6 is 24.0 Å². The lowest BCUT2D eigenvalue weighted by molar-refractivity contribution is 0.239. The first kappa shape index (κ1) is 25.2. The molecule has 0 bridgehead atoms. The van der Waals surface area contributed by atoms with Gasteiger partial charge >= 0.3 is 0 Å². The van der Waals surface area contributed by atoms with Crippen molar-refractivity contribution in [3.63, 3.8) is 0 Å². The molecule has 31 heavy (non-hydrogen) atoms. The summed E-state index contributed by atoms with van der Waals surface area (Å²) in [5.74, 6) is 2.34. The second kappa shape index (κ2) is 13.4. The molecule has 8 heteroatoms. The number of nitrogens with zero attached hydrogens (tertiary/aromatic N) is 3. The topological polar surface area (TPSA) is 71.0 Å². The zero-order chi connectivity index (χ0) is 21.2. The number of likely N-dealkylation sites (tertiary alicyclic amines) is 1. The summed E-state index contributed by atoms with van der Waals surface area (Å²) in [7, 11) is 3.53. The fraction of sp³-hybridized carbons (Fsp3) is 0.478. The zero-order valence-corrected chi connectivity index (χ0v) is 21.0. The molecule has 2 N–H and O–H groups in total. The minimum absolute atomic E-state index is 0. The molecule has 0 aliphatic carbocycles. The van der Waals surface area contributed by atoms with Crippen molar-refractivity contribution in [3.8, 4) is 11.6 Å². The quantitative estimate of drug-likeness (QED) is 0.288. The van der Waals surface area contributed by atoms with Crippen molar-refractivity contribution in [1.82, 2.24) is 20.5 Å². The van der Waals surface area contributed by atoms with Gasteiger partial charge in [0.2, 0.25) is 5.88 Å². The second-order valence-corrected chi connectivity index (χ2v) is 7.24. The van der Waals surface area contributed by atoms with Crippen molar-refractivity contribution in [1.29, 1.82) is 0 Å². The maximum absolute atomic E-state index is 5.64. The number of hydrogen-bond donors (Lipinski definition) is 2. The molecule has 2 aromatic rings. The van der Waals surface area contributed by atoms with Crippen LogP contribution in [0.25, 0.3) is 0 Å². The molecule has 3 rings (SSSR count). The fourth-order valence-corrected chi connectivity index (χ4v) is 3.82. The number of halogens is 1. The Bertz CT molecular complexity index is 827. The van der Waals surface area contributed by atoms with E-state index in [4.69, 9.17) is 9.47 Å². The Balaban J connectivity index is 0.00000341. The Hall–Kier alpha value is -2.07. The van der Waals surface area contributed by atoms with E-state index in [2.05, 4.69) is 37.6 Å². The molecule has 170 valence electrons. The van der Waals surface area contributed by atoms with E-state index in [-0.39, 0.29) is 30.0 Å². The monoisotopic (exact) mass is 539 g/mol. The molecule has 0 saturated carbocycles. The van der Waals surface area contributed by atoms with Gasteiger partial charge in [-0.1, -0.05) is 18.2 Å². The van der Waals surface area contributed by atoms with Crippen molar-refractivity contribution in [2.75, 3.05) is 40.4 Å². The summed E-state index contributed by atoms with van der Waals surface area (Å²) in [5, 5.41) is 6.89. The maximum atomic E-state index is 5.64. The molecule has 0 radical (unpaired) electrons. The van der Waals surface area contributed by atoms with E-state index in [1.807, 2.05) is 31.2 Å². The van der Waals surface area contributed by atoms with Gasteiger partial charge in [0.15, 0.2) is 5.96 Å². The van der Waals surface area contributed by atoms with E-state index in [1.165, 1.54) is 18.4 Å². The Morgan fingerprint density at radius 1 is 1.19 bits per heavy atom. The van der Waals surface area contributed by atoms with E-state index in [9.17, 15) is 0 Å². The third kappa shape index (κ3) is 7.24. The third-order valence-electron chi connectivity index (χ3n) is 5.32. The molecule has 7 nitrogen and oxygen atoms in total. The van der Waals surface area contributed by atoms with Gasteiger partial charge in [0.25, 0.3) is 0 Å². The third-order valence-corrected chi connectivity index (χ3v) is 5.32. The SMILES string of the molecule is CCOc1cc(CNC(=NC)NCC(c2ccccc2OC)N2CCCC2)ccn1.I. The largest absolute Gasteiger partial charge is 0.496 e. The molecule has 1 saturated heterocycles. The Labute approximate surface area is 202 Å². The van der Waals surface area contributed by atoms with Crippen molar-refractivity contribution in [2.45, 2.75) is 32.4 Å². The van der Waals surface area contributed by atoms with Crippen molar-refractivity contribution in [2.24, 2.45) is 4.99 Å². The maximum Gasteiger partial charge on any atom is 0.213 e. The average molecular weight is 539 g/mol. The number of benzene rings is 1. The summed E-state index contributed by atoms with van der Waals surface area (Å²) >= 11 is 0. The van der Waals surface area contributed by atoms with Crippen LogP contribution in [0.2, 0.25) is 0 Å². The molecular formula is C23H34IN5O2. The normalized spacial score (nSPS) is 15.1. The molecule has 1 fully saturated rings. The van der Waals surface area contributed by atoms with Crippen LogP contribution in [0.1, 0.15) is 36.9 Å². The van der Waals surface area contributed by atoms with E-state index >= 15 is 0 Å². The highest BCUT2D eigenvalue weighted by atomic mass is 127. The van der Waals surface area contributed by atoms with Gasteiger partial charge < -0.3 is 20.1 Å². The molecule has 1 unspecified atom stereocenters. The fourth-order valence-electron chi connectivity index (χ4n) is 3.82. The summed E-state index contributed by atoms with van der Waals surface area (Å²) in [6.45, 7) is 6.16. The summed E-state index contributed by atoms with van der Waals surface area (Å²) in [5.41, 5.74) is 2.30. The molecule has 2 heterocycles. The van der Waals surface area contributed by atoms with Gasteiger partial charge in [-0.2, -0.15) is 0 Å².